The maximum Gasteiger partial charge on any atom is 0.243 e. The van der Waals surface area contributed by atoms with Crippen molar-refractivity contribution in [2.75, 3.05) is 32.7 Å². The Balaban J connectivity index is 1.54. The van der Waals surface area contributed by atoms with Gasteiger partial charge in [0.1, 0.15) is 0 Å². The number of quaternary nitrogens is 1. The van der Waals surface area contributed by atoms with Gasteiger partial charge in [0.05, 0.1) is 37.6 Å². The lowest BCUT2D eigenvalue weighted by Gasteiger charge is -2.31. The minimum absolute atomic E-state index is 0.310. The molecule has 0 spiro atoms. The van der Waals surface area contributed by atoms with E-state index >= 15 is 0 Å². The molecule has 25 heavy (non-hydrogen) atoms. The molecule has 0 aromatic heterocycles. The van der Waals surface area contributed by atoms with Gasteiger partial charge in [-0.3, -0.25) is 0 Å². The lowest BCUT2D eigenvalue weighted by Crippen LogP contribution is -3.14. The molecule has 132 valence electrons. The average molecular weight is 378 g/mol. The van der Waals surface area contributed by atoms with E-state index in [1.807, 2.05) is 18.2 Å². The van der Waals surface area contributed by atoms with Crippen molar-refractivity contribution in [3.05, 3.63) is 71.3 Å². The Morgan fingerprint density at radius 2 is 1.64 bits per heavy atom. The van der Waals surface area contributed by atoms with Crippen LogP contribution in [0, 0.1) is 0 Å². The molecular weight excluding hydrogens is 356 g/mol. The summed E-state index contributed by atoms with van der Waals surface area (Å²) in [6, 6.07) is 16.6. The smallest absolute Gasteiger partial charge is 0.243 e. The average Bonchev–Trinajstić information content (AvgIpc) is 2.63. The monoisotopic (exact) mass is 377 g/mol. The van der Waals surface area contributed by atoms with Crippen molar-refractivity contribution in [3.63, 3.8) is 0 Å². The van der Waals surface area contributed by atoms with Crippen LogP contribution >= 0.6 is 11.6 Å². The molecule has 0 unspecified atom stereocenters. The molecule has 3 rings (SSSR count). The van der Waals surface area contributed by atoms with Crippen LogP contribution in [0.3, 0.4) is 0 Å². The maximum atomic E-state index is 12.7. The summed E-state index contributed by atoms with van der Waals surface area (Å²) >= 11 is 5.84. The second-order valence-corrected chi connectivity index (χ2v) is 8.50. The van der Waals surface area contributed by atoms with Crippen LogP contribution in [0.2, 0.25) is 5.02 Å². The minimum Gasteiger partial charge on any atom is -0.329 e. The Bertz CT molecular complexity index is 812. The summed E-state index contributed by atoms with van der Waals surface area (Å²) in [7, 11) is -3.42. The van der Waals surface area contributed by atoms with Crippen LogP contribution in [0.1, 0.15) is 5.56 Å². The molecule has 4 nitrogen and oxygen atoms in total. The minimum atomic E-state index is -3.42. The first-order valence-corrected chi connectivity index (χ1v) is 10.2. The molecule has 1 saturated heterocycles. The Morgan fingerprint density at radius 1 is 1.00 bits per heavy atom. The van der Waals surface area contributed by atoms with Crippen LogP contribution in [0.5, 0.6) is 0 Å². The quantitative estimate of drug-likeness (QED) is 0.865. The fourth-order valence-corrected chi connectivity index (χ4v) is 4.50. The third-order valence-electron chi connectivity index (χ3n) is 4.40. The molecule has 1 aliphatic heterocycles. The highest BCUT2D eigenvalue weighted by molar-refractivity contribution is 7.89. The van der Waals surface area contributed by atoms with Crippen molar-refractivity contribution in [2.24, 2.45) is 0 Å². The van der Waals surface area contributed by atoms with Crippen LogP contribution in [0.4, 0.5) is 0 Å². The second kappa shape index (κ2) is 8.15. The van der Waals surface area contributed by atoms with E-state index < -0.39 is 10.0 Å². The number of rotatable bonds is 5. The van der Waals surface area contributed by atoms with Crippen molar-refractivity contribution in [2.45, 2.75) is 4.90 Å². The molecule has 0 saturated carbocycles. The SMILES string of the molecule is O=S(=O)(c1ccc(Cl)cc1)N1CC[NH+](CC=Cc2ccccc2)CC1. The number of piperazine rings is 1. The van der Waals surface area contributed by atoms with Crippen LogP contribution in [0.15, 0.2) is 65.6 Å². The van der Waals surface area contributed by atoms with E-state index in [1.165, 1.54) is 10.5 Å². The van der Waals surface area contributed by atoms with Crippen molar-refractivity contribution in [3.8, 4) is 0 Å². The Hall–Kier alpha value is -1.66. The first-order valence-electron chi connectivity index (χ1n) is 8.36. The second-order valence-electron chi connectivity index (χ2n) is 6.13. The molecule has 1 heterocycles. The van der Waals surface area contributed by atoms with E-state index in [4.69, 9.17) is 11.6 Å². The van der Waals surface area contributed by atoms with E-state index in [0.717, 1.165) is 19.6 Å². The summed E-state index contributed by atoms with van der Waals surface area (Å²) in [6.45, 7) is 3.61. The zero-order valence-corrected chi connectivity index (χ0v) is 15.5. The molecule has 0 atom stereocenters. The van der Waals surface area contributed by atoms with Gasteiger partial charge in [-0.15, -0.1) is 0 Å². The van der Waals surface area contributed by atoms with Gasteiger partial charge in [-0.05, 0) is 35.9 Å². The summed E-state index contributed by atoms with van der Waals surface area (Å²) in [5, 5.41) is 0.540. The Kier molecular flexibility index (Phi) is 5.91. The van der Waals surface area contributed by atoms with E-state index in [2.05, 4.69) is 24.3 Å². The lowest BCUT2D eigenvalue weighted by atomic mass is 10.2. The van der Waals surface area contributed by atoms with Gasteiger partial charge in [0.2, 0.25) is 10.0 Å². The largest absolute Gasteiger partial charge is 0.329 e. The number of hydrogen-bond acceptors (Lipinski definition) is 2. The van der Waals surface area contributed by atoms with Crippen LogP contribution in [-0.2, 0) is 10.0 Å². The molecular formula is C19H22ClN2O2S+. The molecule has 0 radical (unpaired) electrons. The summed E-state index contributed by atoms with van der Waals surface area (Å²) in [5.74, 6) is 0. The summed E-state index contributed by atoms with van der Waals surface area (Å²) in [4.78, 5) is 1.71. The summed E-state index contributed by atoms with van der Waals surface area (Å²) < 4.78 is 26.9. The first kappa shape index (κ1) is 18.1. The number of halogens is 1. The number of hydrogen-bond donors (Lipinski definition) is 1. The van der Waals surface area contributed by atoms with Crippen molar-refractivity contribution in [1.29, 1.82) is 0 Å². The molecule has 1 aliphatic rings. The normalized spacial score (nSPS) is 17.2. The number of sulfonamides is 1. The van der Waals surface area contributed by atoms with E-state index in [1.54, 1.807) is 28.6 Å². The van der Waals surface area contributed by atoms with E-state index in [9.17, 15) is 8.42 Å². The van der Waals surface area contributed by atoms with Gasteiger partial charge in [-0.25, -0.2) is 8.42 Å². The predicted molar refractivity (Wildman–Crippen MR) is 101 cm³/mol. The highest BCUT2D eigenvalue weighted by Gasteiger charge is 2.29. The van der Waals surface area contributed by atoms with E-state index in [0.29, 0.717) is 23.0 Å². The number of nitrogens with one attached hydrogen (secondary N) is 1. The van der Waals surface area contributed by atoms with Crippen molar-refractivity contribution < 1.29 is 13.3 Å². The van der Waals surface area contributed by atoms with E-state index in [-0.39, 0.29) is 0 Å². The molecule has 2 aromatic carbocycles. The molecule has 1 fully saturated rings. The number of nitrogens with zero attached hydrogens (tertiary/aromatic N) is 1. The predicted octanol–water partition coefficient (Wildman–Crippen LogP) is 1.94. The van der Waals surface area contributed by atoms with Gasteiger partial charge in [-0.2, -0.15) is 4.31 Å². The Labute approximate surface area is 154 Å². The zero-order chi connectivity index (χ0) is 17.7. The fourth-order valence-electron chi connectivity index (χ4n) is 2.93. The topological polar surface area (TPSA) is 41.8 Å². The molecule has 6 heteroatoms. The van der Waals surface area contributed by atoms with Gasteiger partial charge >= 0.3 is 0 Å². The maximum absolute atomic E-state index is 12.7. The van der Waals surface area contributed by atoms with Gasteiger partial charge in [0.15, 0.2) is 0 Å². The number of benzene rings is 2. The van der Waals surface area contributed by atoms with Gasteiger partial charge in [0, 0.05) is 5.02 Å². The summed E-state index contributed by atoms with van der Waals surface area (Å²) in [5.41, 5.74) is 1.19. The van der Waals surface area contributed by atoms with Crippen molar-refractivity contribution >= 4 is 27.7 Å². The van der Waals surface area contributed by atoms with Crippen LogP contribution < -0.4 is 4.90 Å². The highest BCUT2D eigenvalue weighted by atomic mass is 35.5. The fraction of sp³-hybridized carbons (Fsp3) is 0.263. The van der Waals surface area contributed by atoms with Crippen molar-refractivity contribution in [1.82, 2.24) is 4.31 Å². The van der Waals surface area contributed by atoms with Gasteiger partial charge in [-0.1, -0.05) is 48.0 Å². The lowest BCUT2D eigenvalue weighted by molar-refractivity contribution is -0.897. The first-order chi connectivity index (χ1) is 12.1. The van der Waals surface area contributed by atoms with Crippen LogP contribution in [-0.4, -0.2) is 45.4 Å². The summed E-state index contributed by atoms with van der Waals surface area (Å²) in [6.07, 6.45) is 4.28. The Morgan fingerprint density at radius 3 is 2.28 bits per heavy atom. The van der Waals surface area contributed by atoms with Crippen LogP contribution in [0.25, 0.3) is 6.08 Å². The third-order valence-corrected chi connectivity index (χ3v) is 6.56. The molecule has 1 N–H and O–H groups in total. The third kappa shape index (κ3) is 4.70. The molecule has 2 aromatic rings. The molecule has 0 bridgehead atoms. The molecule has 0 amide bonds. The zero-order valence-electron chi connectivity index (χ0n) is 13.9. The standard InChI is InChI=1S/C19H21ClN2O2S/c20-18-8-10-19(11-9-18)25(23,24)22-15-13-21(14-16-22)12-4-7-17-5-2-1-3-6-17/h1-11H,12-16H2/p+1. The van der Waals surface area contributed by atoms with Gasteiger partial charge < -0.3 is 4.90 Å². The molecule has 0 aliphatic carbocycles. The van der Waals surface area contributed by atoms with Gasteiger partial charge in [0.25, 0.3) is 0 Å². The highest BCUT2D eigenvalue weighted by Crippen LogP contribution is 2.18.